The van der Waals surface area contributed by atoms with E-state index in [0.29, 0.717) is 25.7 Å². The van der Waals surface area contributed by atoms with Crippen molar-refractivity contribution in [3.8, 4) is 0 Å². The summed E-state index contributed by atoms with van der Waals surface area (Å²) in [5, 5.41) is 18.7. The summed E-state index contributed by atoms with van der Waals surface area (Å²) in [7, 11) is -4.75. The molecular formula is C48H80NO11P. The summed E-state index contributed by atoms with van der Waals surface area (Å²) in [5.74, 6) is -2.50. The number of carbonyl (C=O) groups excluding carboxylic acids is 2. The molecule has 348 valence electrons. The lowest BCUT2D eigenvalue weighted by molar-refractivity contribution is -0.161. The maximum atomic E-state index is 12.7. The van der Waals surface area contributed by atoms with E-state index in [9.17, 15) is 28.9 Å². The number of esters is 2. The fourth-order valence-corrected chi connectivity index (χ4v) is 6.40. The number of allylic oxidation sites excluding steroid dienone is 12. The molecule has 0 aromatic rings. The standard InChI is InChI=1S/C48H80NO11P/c1-3-5-7-8-9-10-11-12-13-14-15-16-17-18-23-26-29-32-35-39-47(52)60-44(41-58-61(55,56)59-42-45(49)48(53)54)40-57-46(51)38-34-31-28-25-22-20-19-21-24-27-30-33-37-43(50)36-6-4-2/h6,9-10,12-13,19-20,24-25,27-28,30,33,36,43-45,50H,3-5,7-8,11,14-18,21-23,26,29,31-32,34-35,37-42,49H2,1-2H3,(H,53,54)(H,55,56)/b10-9-,13-12-,20-19-,27-24-,28-25-,33-30+,36-6-/t43?,44-,45+/m1/s1. The molecule has 0 aromatic carbocycles. The van der Waals surface area contributed by atoms with Crippen LogP contribution in [0.2, 0.25) is 0 Å². The Labute approximate surface area is 367 Å². The number of aliphatic hydroxyl groups excluding tert-OH is 1. The van der Waals surface area contributed by atoms with Gasteiger partial charge in [-0.25, -0.2) is 4.57 Å². The fraction of sp³-hybridized carbons (Fsp3) is 0.646. The molecule has 0 saturated heterocycles. The summed E-state index contributed by atoms with van der Waals surface area (Å²) < 4.78 is 32.7. The predicted octanol–water partition coefficient (Wildman–Crippen LogP) is 11.3. The molecule has 0 aromatic heterocycles. The number of ether oxygens (including phenoxy) is 2. The van der Waals surface area contributed by atoms with Crippen LogP contribution >= 0.6 is 7.82 Å². The van der Waals surface area contributed by atoms with E-state index in [-0.39, 0.29) is 12.8 Å². The fourth-order valence-electron chi connectivity index (χ4n) is 5.62. The summed E-state index contributed by atoms with van der Waals surface area (Å²) in [4.78, 5) is 46.0. The Morgan fingerprint density at radius 1 is 0.607 bits per heavy atom. The van der Waals surface area contributed by atoms with Gasteiger partial charge in [-0.05, 0) is 77.0 Å². The minimum Gasteiger partial charge on any atom is -0.480 e. The number of carboxylic acid groups (broad SMARTS) is 1. The van der Waals surface area contributed by atoms with Crippen molar-refractivity contribution < 1.29 is 52.6 Å². The van der Waals surface area contributed by atoms with Crippen molar-refractivity contribution >= 4 is 25.7 Å². The molecule has 0 rings (SSSR count). The summed E-state index contributed by atoms with van der Waals surface area (Å²) in [6.07, 6.45) is 48.5. The molecule has 13 heteroatoms. The number of aliphatic hydroxyl groups is 1. The molecule has 0 saturated carbocycles. The van der Waals surface area contributed by atoms with Crippen molar-refractivity contribution in [2.45, 2.75) is 180 Å². The quantitative estimate of drug-likeness (QED) is 0.0150. The van der Waals surface area contributed by atoms with Gasteiger partial charge in [-0.3, -0.25) is 23.4 Å². The van der Waals surface area contributed by atoms with Crippen LogP contribution in [-0.4, -0.2) is 71.1 Å². The van der Waals surface area contributed by atoms with Crippen LogP contribution in [0, 0.1) is 0 Å². The third-order valence-electron chi connectivity index (χ3n) is 9.20. The molecule has 0 spiro atoms. The van der Waals surface area contributed by atoms with E-state index >= 15 is 0 Å². The lowest BCUT2D eigenvalue weighted by atomic mass is 10.1. The lowest BCUT2D eigenvalue weighted by Crippen LogP contribution is -2.34. The number of unbranched alkanes of at least 4 members (excludes halogenated alkanes) is 13. The Bertz CT molecular complexity index is 1370. The smallest absolute Gasteiger partial charge is 0.472 e. The first kappa shape index (κ1) is 57.6. The first-order valence-electron chi connectivity index (χ1n) is 22.7. The summed E-state index contributed by atoms with van der Waals surface area (Å²) in [6, 6.07) is -1.54. The number of hydrogen-bond acceptors (Lipinski definition) is 10. The van der Waals surface area contributed by atoms with Gasteiger partial charge in [0.25, 0.3) is 0 Å². The Hall–Kier alpha value is -3.38. The maximum absolute atomic E-state index is 12.7. The van der Waals surface area contributed by atoms with Crippen LogP contribution < -0.4 is 5.73 Å². The molecule has 2 unspecified atom stereocenters. The van der Waals surface area contributed by atoms with E-state index in [1.54, 1.807) is 6.08 Å². The van der Waals surface area contributed by atoms with Gasteiger partial charge < -0.3 is 30.3 Å². The minimum absolute atomic E-state index is 0.120. The van der Waals surface area contributed by atoms with Gasteiger partial charge in [0.15, 0.2) is 6.10 Å². The monoisotopic (exact) mass is 878 g/mol. The molecule has 0 radical (unpaired) electrons. The molecule has 12 nitrogen and oxygen atoms in total. The van der Waals surface area contributed by atoms with Crippen LogP contribution in [0.1, 0.15) is 162 Å². The van der Waals surface area contributed by atoms with E-state index in [1.165, 1.54) is 51.4 Å². The van der Waals surface area contributed by atoms with Gasteiger partial charge >= 0.3 is 25.7 Å². The molecule has 0 aliphatic rings. The number of rotatable bonds is 41. The SMILES string of the molecule is CC/C=C\C(O)C/C=C/C=C\C/C=C\C/C=C\CCCC(=O)OC[C@H](COP(=O)(O)OC[C@H](N)C(=O)O)OC(=O)CCCCCCCCCCC/C=C\C/C=C\CCCCC. The second-order valence-electron chi connectivity index (χ2n) is 15.0. The van der Waals surface area contributed by atoms with Crippen LogP contribution in [0.4, 0.5) is 0 Å². The number of carboxylic acids is 1. The molecule has 0 aliphatic heterocycles. The maximum Gasteiger partial charge on any atom is 0.472 e. The highest BCUT2D eigenvalue weighted by atomic mass is 31.2. The predicted molar refractivity (Wildman–Crippen MR) is 246 cm³/mol. The van der Waals surface area contributed by atoms with Gasteiger partial charge in [-0.15, -0.1) is 0 Å². The molecule has 0 bridgehead atoms. The zero-order chi connectivity index (χ0) is 45.1. The topological polar surface area (TPSA) is 192 Å². The number of phosphoric acid groups is 1. The Balaban J connectivity index is 4.47. The molecule has 0 aliphatic carbocycles. The first-order valence-corrected chi connectivity index (χ1v) is 24.2. The Kier molecular flexibility index (Phi) is 39.6. The van der Waals surface area contributed by atoms with E-state index < -0.39 is 63.8 Å². The van der Waals surface area contributed by atoms with Crippen LogP contribution in [0.25, 0.3) is 0 Å². The van der Waals surface area contributed by atoms with Crippen molar-refractivity contribution in [3.05, 3.63) is 85.1 Å². The summed E-state index contributed by atoms with van der Waals surface area (Å²) in [6.45, 7) is 2.46. The highest BCUT2D eigenvalue weighted by Crippen LogP contribution is 2.43. The van der Waals surface area contributed by atoms with Crippen LogP contribution in [0.5, 0.6) is 0 Å². The van der Waals surface area contributed by atoms with Crippen molar-refractivity contribution in [1.29, 1.82) is 0 Å². The largest absolute Gasteiger partial charge is 0.480 e. The van der Waals surface area contributed by atoms with Gasteiger partial charge in [0.2, 0.25) is 0 Å². The molecule has 0 heterocycles. The normalized spacial score (nSPS) is 15.0. The van der Waals surface area contributed by atoms with Crippen molar-refractivity contribution in [1.82, 2.24) is 0 Å². The van der Waals surface area contributed by atoms with Crippen LogP contribution in [0.15, 0.2) is 85.1 Å². The van der Waals surface area contributed by atoms with E-state index in [1.807, 2.05) is 49.5 Å². The molecule has 4 atom stereocenters. The van der Waals surface area contributed by atoms with Crippen molar-refractivity contribution in [3.63, 3.8) is 0 Å². The average Bonchev–Trinajstić information content (AvgIpc) is 3.23. The third kappa shape index (κ3) is 41.7. The zero-order valence-electron chi connectivity index (χ0n) is 37.3. The summed E-state index contributed by atoms with van der Waals surface area (Å²) >= 11 is 0. The molecule has 61 heavy (non-hydrogen) atoms. The van der Waals surface area contributed by atoms with E-state index in [2.05, 4.69) is 47.9 Å². The second-order valence-corrected chi connectivity index (χ2v) is 16.5. The third-order valence-corrected chi connectivity index (χ3v) is 10.2. The number of aliphatic carboxylic acids is 1. The van der Waals surface area contributed by atoms with Crippen LogP contribution in [-0.2, 0) is 37.5 Å². The zero-order valence-corrected chi connectivity index (χ0v) is 38.2. The molecular weight excluding hydrogens is 797 g/mol. The lowest BCUT2D eigenvalue weighted by Gasteiger charge is -2.20. The molecule has 0 amide bonds. The number of carbonyl (C=O) groups is 3. The van der Waals surface area contributed by atoms with E-state index in [4.69, 9.17) is 24.8 Å². The number of nitrogens with two attached hydrogens (primary N) is 1. The minimum atomic E-state index is -4.75. The molecule has 5 N–H and O–H groups in total. The highest BCUT2D eigenvalue weighted by Gasteiger charge is 2.28. The Morgan fingerprint density at radius 2 is 1.11 bits per heavy atom. The second kappa shape index (κ2) is 41.9. The average molecular weight is 878 g/mol. The number of hydrogen-bond donors (Lipinski definition) is 4. The Morgan fingerprint density at radius 3 is 1.72 bits per heavy atom. The van der Waals surface area contributed by atoms with Gasteiger partial charge in [0, 0.05) is 12.8 Å². The van der Waals surface area contributed by atoms with Gasteiger partial charge in [-0.1, -0.05) is 157 Å². The van der Waals surface area contributed by atoms with Gasteiger partial charge in [0.1, 0.15) is 12.6 Å². The highest BCUT2D eigenvalue weighted by molar-refractivity contribution is 7.47. The van der Waals surface area contributed by atoms with Gasteiger partial charge in [-0.2, -0.15) is 0 Å². The first-order chi connectivity index (χ1) is 29.5. The molecule has 0 fully saturated rings. The van der Waals surface area contributed by atoms with Crippen LogP contribution in [0.3, 0.4) is 0 Å². The van der Waals surface area contributed by atoms with Crippen molar-refractivity contribution in [2.24, 2.45) is 5.73 Å². The van der Waals surface area contributed by atoms with Gasteiger partial charge in [0.05, 0.1) is 19.3 Å². The van der Waals surface area contributed by atoms with E-state index in [0.717, 1.165) is 57.8 Å². The van der Waals surface area contributed by atoms with Crippen molar-refractivity contribution in [2.75, 3.05) is 19.8 Å². The summed E-state index contributed by atoms with van der Waals surface area (Å²) in [5.41, 5.74) is 5.33. The number of phosphoric ester groups is 1.